The molecule has 3 rings (SSSR count). The van der Waals surface area contributed by atoms with E-state index in [1.807, 2.05) is 13.0 Å². The first-order valence-corrected chi connectivity index (χ1v) is 8.88. The molecule has 0 radical (unpaired) electrons. The van der Waals surface area contributed by atoms with Gasteiger partial charge in [-0.3, -0.25) is 4.79 Å². The van der Waals surface area contributed by atoms with E-state index in [9.17, 15) is 4.79 Å². The first-order valence-electron chi connectivity index (χ1n) is 8.88. The number of nitrogens with one attached hydrogen (secondary N) is 1. The average Bonchev–Trinajstić information content (AvgIpc) is 3.19. The van der Waals surface area contributed by atoms with Crippen molar-refractivity contribution >= 4 is 17.0 Å². The van der Waals surface area contributed by atoms with Gasteiger partial charge >= 0.3 is 0 Å². The number of nitrogens with zero attached hydrogens (tertiary/aromatic N) is 1. The minimum atomic E-state index is 0.165. The standard InChI is InChI=1S/C19H26N2O2/c1-3-5-10-18-21-16-9-6-8-14(19(16)23-18)15-11-13(15)12-20-17(22)7-4-2/h6,8-9,13,15H,3-5,7,10-12H2,1-2H3,(H,20,22)/t13-,15+/m0/s1. The Balaban J connectivity index is 1.66. The van der Waals surface area contributed by atoms with Crippen LogP contribution in [-0.2, 0) is 11.2 Å². The van der Waals surface area contributed by atoms with Crippen LogP contribution in [0, 0.1) is 5.92 Å². The molecule has 0 aliphatic heterocycles. The number of rotatable bonds is 8. The topological polar surface area (TPSA) is 55.1 Å². The van der Waals surface area contributed by atoms with Gasteiger partial charge in [0.2, 0.25) is 5.91 Å². The van der Waals surface area contributed by atoms with E-state index in [1.54, 1.807) is 0 Å². The van der Waals surface area contributed by atoms with Crippen LogP contribution in [0.4, 0.5) is 0 Å². The molecule has 1 aliphatic carbocycles. The molecule has 0 spiro atoms. The van der Waals surface area contributed by atoms with Crippen LogP contribution < -0.4 is 5.32 Å². The van der Waals surface area contributed by atoms with E-state index in [1.165, 1.54) is 5.56 Å². The van der Waals surface area contributed by atoms with Gasteiger partial charge in [0.15, 0.2) is 11.5 Å². The highest BCUT2D eigenvalue weighted by Crippen LogP contribution is 2.49. The number of carbonyl (C=O) groups excluding carboxylic acids is 1. The molecule has 1 fully saturated rings. The van der Waals surface area contributed by atoms with Crippen LogP contribution in [0.2, 0.25) is 0 Å². The van der Waals surface area contributed by atoms with E-state index in [2.05, 4.69) is 29.4 Å². The summed E-state index contributed by atoms with van der Waals surface area (Å²) in [4.78, 5) is 16.2. The second kappa shape index (κ2) is 7.16. The maximum absolute atomic E-state index is 11.6. The fraction of sp³-hybridized carbons (Fsp3) is 0.579. The molecular formula is C19H26N2O2. The zero-order valence-electron chi connectivity index (χ0n) is 14.1. The van der Waals surface area contributed by atoms with E-state index in [4.69, 9.17) is 4.42 Å². The average molecular weight is 314 g/mol. The molecule has 2 aromatic rings. The van der Waals surface area contributed by atoms with Crippen molar-refractivity contribution in [2.45, 2.75) is 58.3 Å². The molecule has 0 saturated heterocycles. The second-order valence-corrected chi connectivity index (χ2v) is 6.56. The van der Waals surface area contributed by atoms with Crippen molar-refractivity contribution in [3.8, 4) is 0 Å². The largest absolute Gasteiger partial charge is 0.440 e. The Morgan fingerprint density at radius 2 is 2.22 bits per heavy atom. The maximum atomic E-state index is 11.6. The van der Waals surface area contributed by atoms with Crippen LogP contribution in [0.25, 0.3) is 11.1 Å². The zero-order chi connectivity index (χ0) is 16.2. The number of hydrogen-bond donors (Lipinski definition) is 1. The number of unbranched alkanes of at least 4 members (excludes halogenated alkanes) is 1. The third-order valence-corrected chi connectivity index (χ3v) is 4.59. The number of oxazole rings is 1. The summed E-state index contributed by atoms with van der Waals surface area (Å²) in [5.41, 5.74) is 3.17. The Kier molecular flexibility index (Phi) is 4.99. The molecule has 0 bridgehead atoms. The van der Waals surface area contributed by atoms with Crippen molar-refractivity contribution < 1.29 is 9.21 Å². The highest BCUT2D eigenvalue weighted by atomic mass is 16.3. The third kappa shape index (κ3) is 3.74. The van der Waals surface area contributed by atoms with Gasteiger partial charge in [-0.15, -0.1) is 0 Å². The Morgan fingerprint density at radius 3 is 3.00 bits per heavy atom. The molecular weight excluding hydrogens is 288 g/mol. The van der Waals surface area contributed by atoms with E-state index in [-0.39, 0.29) is 5.91 Å². The van der Waals surface area contributed by atoms with Crippen molar-refractivity contribution in [3.63, 3.8) is 0 Å². The van der Waals surface area contributed by atoms with Gasteiger partial charge in [0.25, 0.3) is 0 Å². The molecule has 1 amide bonds. The van der Waals surface area contributed by atoms with E-state index < -0.39 is 0 Å². The monoisotopic (exact) mass is 314 g/mol. The number of amides is 1. The van der Waals surface area contributed by atoms with Gasteiger partial charge in [-0.2, -0.15) is 0 Å². The minimum Gasteiger partial charge on any atom is -0.440 e. The predicted molar refractivity (Wildman–Crippen MR) is 91.4 cm³/mol. The van der Waals surface area contributed by atoms with Gasteiger partial charge in [-0.05, 0) is 37.2 Å². The molecule has 4 nitrogen and oxygen atoms in total. The first kappa shape index (κ1) is 16.0. The lowest BCUT2D eigenvalue weighted by Crippen LogP contribution is -2.25. The quantitative estimate of drug-likeness (QED) is 0.795. The summed E-state index contributed by atoms with van der Waals surface area (Å²) in [6.07, 6.45) is 5.81. The smallest absolute Gasteiger partial charge is 0.219 e. The number of para-hydroxylation sites is 1. The summed E-state index contributed by atoms with van der Waals surface area (Å²) >= 11 is 0. The van der Waals surface area contributed by atoms with Crippen molar-refractivity contribution in [1.82, 2.24) is 10.3 Å². The summed E-state index contributed by atoms with van der Waals surface area (Å²) in [5, 5.41) is 3.04. The molecule has 1 aromatic heterocycles. The first-order chi connectivity index (χ1) is 11.2. The van der Waals surface area contributed by atoms with Gasteiger partial charge in [0, 0.05) is 24.9 Å². The highest BCUT2D eigenvalue weighted by molar-refractivity contribution is 5.78. The van der Waals surface area contributed by atoms with Crippen molar-refractivity contribution in [1.29, 1.82) is 0 Å². The highest BCUT2D eigenvalue weighted by Gasteiger charge is 2.40. The van der Waals surface area contributed by atoms with Gasteiger partial charge in [0.05, 0.1) is 0 Å². The van der Waals surface area contributed by atoms with Crippen LogP contribution in [0.3, 0.4) is 0 Å². The minimum absolute atomic E-state index is 0.165. The Morgan fingerprint density at radius 1 is 1.35 bits per heavy atom. The van der Waals surface area contributed by atoms with Gasteiger partial charge < -0.3 is 9.73 Å². The Bertz CT molecular complexity index is 677. The van der Waals surface area contributed by atoms with E-state index in [0.29, 0.717) is 18.3 Å². The van der Waals surface area contributed by atoms with E-state index in [0.717, 1.165) is 55.6 Å². The van der Waals surface area contributed by atoms with Gasteiger partial charge in [-0.25, -0.2) is 4.98 Å². The number of aryl methyl sites for hydroxylation is 1. The van der Waals surface area contributed by atoms with Crippen LogP contribution in [0.5, 0.6) is 0 Å². The number of benzene rings is 1. The summed E-state index contributed by atoms with van der Waals surface area (Å²) in [6.45, 7) is 4.98. The summed E-state index contributed by atoms with van der Waals surface area (Å²) in [5.74, 6) is 2.04. The predicted octanol–water partition coefficient (Wildman–Crippen LogP) is 4.19. The lowest BCUT2D eigenvalue weighted by molar-refractivity contribution is -0.121. The Hall–Kier alpha value is -1.84. The van der Waals surface area contributed by atoms with Crippen LogP contribution >= 0.6 is 0 Å². The van der Waals surface area contributed by atoms with Crippen molar-refractivity contribution in [2.75, 3.05) is 6.54 Å². The van der Waals surface area contributed by atoms with Gasteiger partial charge in [0.1, 0.15) is 5.52 Å². The van der Waals surface area contributed by atoms with E-state index >= 15 is 0 Å². The molecule has 0 unspecified atom stereocenters. The molecule has 1 aromatic carbocycles. The molecule has 1 heterocycles. The molecule has 124 valence electrons. The molecule has 1 saturated carbocycles. The maximum Gasteiger partial charge on any atom is 0.219 e. The number of carbonyl (C=O) groups is 1. The summed E-state index contributed by atoms with van der Waals surface area (Å²) < 4.78 is 6.02. The van der Waals surface area contributed by atoms with Crippen LogP contribution in [0.1, 0.15) is 63.3 Å². The summed E-state index contributed by atoms with van der Waals surface area (Å²) in [7, 11) is 0. The third-order valence-electron chi connectivity index (χ3n) is 4.59. The molecule has 2 atom stereocenters. The normalized spacial score (nSPS) is 19.9. The zero-order valence-corrected chi connectivity index (χ0v) is 14.1. The lowest BCUT2D eigenvalue weighted by atomic mass is 10.1. The van der Waals surface area contributed by atoms with Crippen LogP contribution in [0.15, 0.2) is 22.6 Å². The SMILES string of the molecule is CCCCc1nc2cccc([C@@H]3C[C@H]3CNC(=O)CCC)c2o1. The van der Waals surface area contributed by atoms with Crippen LogP contribution in [-0.4, -0.2) is 17.4 Å². The number of aromatic nitrogens is 1. The molecule has 23 heavy (non-hydrogen) atoms. The number of hydrogen-bond acceptors (Lipinski definition) is 3. The Labute approximate surface area is 137 Å². The summed E-state index contributed by atoms with van der Waals surface area (Å²) in [6, 6.07) is 6.24. The van der Waals surface area contributed by atoms with Crippen molar-refractivity contribution in [3.05, 3.63) is 29.7 Å². The fourth-order valence-electron chi connectivity index (χ4n) is 3.16. The lowest BCUT2D eigenvalue weighted by Gasteiger charge is -2.04. The van der Waals surface area contributed by atoms with Gasteiger partial charge in [-0.1, -0.05) is 32.4 Å². The molecule has 1 aliphatic rings. The van der Waals surface area contributed by atoms with Crippen molar-refractivity contribution in [2.24, 2.45) is 5.92 Å². The molecule has 1 N–H and O–H groups in total. The number of fused-ring (bicyclic) bond motifs is 1. The molecule has 4 heteroatoms. The fourth-order valence-corrected chi connectivity index (χ4v) is 3.16. The second-order valence-electron chi connectivity index (χ2n) is 6.56.